The first kappa shape index (κ1) is 28.2. The van der Waals surface area contributed by atoms with Gasteiger partial charge < -0.3 is 20.9 Å². The van der Waals surface area contributed by atoms with Crippen molar-refractivity contribution in [1.82, 2.24) is 20.9 Å². The lowest BCUT2D eigenvalue weighted by Crippen LogP contribution is -2.39. The maximum Gasteiger partial charge on any atom is 0.251 e. The second-order valence-electron chi connectivity index (χ2n) is 8.15. The van der Waals surface area contributed by atoms with Gasteiger partial charge in [0.25, 0.3) is 5.91 Å². The van der Waals surface area contributed by atoms with E-state index in [1.54, 1.807) is 0 Å². The van der Waals surface area contributed by atoms with E-state index in [0.717, 1.165) is 69.8 Å². The van der Waals surface area contributed by atoms with Gasteiger partial charge in [-0.2, -0.15) is 0 Å². The number of hydrogen-bond acceptors (Lipinski definition) is 3. The van der Waals surface area contributed by atoms with Gasteiger partial charge in [0.15, 0.2) is 5.96 Å². The number of rotatable bonds is 10. The fourth-order valence-electron chi connectivity index (χ4n) is 3.48. The van der Waals surface area contributed by atoms with E-state index in [1.165, 1.54) is 0 Å². The van der Waals surface area contributed by atoms with E-state index in [2.05, 4.69) is 27.9 Å². The smallest absolute Gasteiger partial charge is 0.251 e. The Hall–Kier alpha value is -1.84. The topological polar surface area (TPSA) is 85.8 Å². The Morgan fingerprint density at radius 3 is 2.75 bits per heavy atom. The van der Waals surface area contributed by atoms with Gasteiger partial charge in [0, 0.05) is 44.2 Å². The third-order valence-electron chi connectivity index (χ3n) is 5.51. The molecule has 1 aliphatic rings. The van der Waals surface area contributed by atoms with E-state index >= 15 is 0 Å². The lowest BCUT2D eigenvalue weighted by molar-refractivity contribution is -0.130. The Kier molecular flexibility index (Phi) is 14.0. The molecule has 1 saturated heterocycles. The summed E-state index contributed by atoms with van der Waals surface area (Å²) in [4.78, 5) is 31.1. The summed E-state index contributed by atoms with van der Waals surface area (Å²) in [5.41, 5.74) is 1.65. The van der Waals surface area contributed by atoms with Crippen molar-refractivity contribution in [1.29, 1.82) is 0 Å². The molecule has 180 valence electrons. The molecule has 2 rings (SSSR count). The number of nitrogens with zero attached hydrogens (tertiary/aromatic N) is 2. The van der Waals surface area contributed by atoms with Crippen LogP contribution in [0.15, 0.2) is 29.3 Å². The van der Waals surface area contributed by atoms with Crippen LogP contribution < -0.4 is 16.0 Å². The molecular formula is C24H40IN5O2. The van der Waals surface area contributed by atoms with Crippen LogP contribution in [0.25, 0.3) is 0 Å². The predicted molar refractivity (Wildman–Crippen MR) is 142 cm³/mol. The summed E-state index contributed by atoms with van der Waals surface area (Å²) < 4.78 is 0. The predicted octanol–water partition coefficient (Wildman–Crippen LogP) is 3.68. The van der Waals surface area contributed by atoms with E-state index in [0.29, 0.717) is 18.5 Å². The summed E-state index contributed by atoms with van der Waals surface area (Å²) in [6.45, 7) is 9.78. The summed E-state index contributed by atoms with van der Waals surface area (Å²) in [5.74, 6) is 0.989. The van der Waals surface area contributed by atoms with Crippen LogP contribution in [0.1, 0.15) is 75.2 Å². The van der Waals surface area contributed by atoms with Crippen LogP contribution in [0.3, 0.4) is 0 Å². The molecule has 32 heavy (non-hydrogen) atoms. The molecule has 1 aromatic rings. The summed E-state index contributed by atoms with van der Waals surface area (Å²) in [5, 5.41) is 9.61. The Labute approximate surface area is 210 Å². The molecule has 0 radical (unpaired) electrons. The van der Waals surface area contributed by atoms with E-state index in [-0.39, 0.29) is 41.8 Å². The number of hydrogen-bond donors (Lipinski definition) is 3. The maximum atomic E-state index is 12.4. The highest BCUT2D eigenvalue weighted by Gasteiger charge is 2.15. The highest BCUT2D eigenvalue weighted by atomic mass is 127. The number of guanidine groups is 1. The van der Waals surface area contributed by atoms with Crippen LogP contribution >= 0.6 is 24.0 Å². The lowest BCUT2D eigenvalue weighted by Gasteiger charge is -2.20. The second-order valence-corrected chi connectivity index (χ2v) is 8.15. The monoisotopic (exact) mass is 557 g/mol. The summed E-state index contributed by atoms with van der Waals surface area (Å²) in [6, 6.07) is 7.77. The normalized spacial score (nSPS) is 15.4. The van der Waals surface area contributed by atoms with Crippen molar-refractivity contribution < 1.29 is 9.59 Å². The molecule has 0 aliphatic carbocycles. The van der Waals surface area contributed by atoms with E-state index in [4.69, 9.17) is 0 Å². The zero-order chi connectivity index (χ0) is 22.5. The zero-order valence-corrected chi connectivity index (χ0v) is 22.1. The zero-order valence-electron chi connectivity index (χ0n) is 19.8. The first-order valence-corrected chi connectivity index (χ1v) is 11.7. The van der Waals surface area contributed by atoms with Crippen LogP contribution in [0.5, 0.6) is 0 Å². The number of carbonyl (C=O) groups excluding carboxylic acids is 2. The molecule has 1 unspecified atom stereocenters. The van der Waals surface area contributed by atoms with Crippen molar-refractivity contribution in [3.05, 3.63) is 35.4 Å². The lowest BCUT2D eigenvalue weighted by atomic mass is 10.1. The number of likely N-dealkylation sites (tertiary alicyclic amines) is 1. The first-order chi connectivity index (χ1) is 15.0. The van der Waals surface area contributed by atoms with Crippen molar-refractivity contribution in [2.24, 2.45) is 4.99 Å². The van der Waals surface area contributed by atoms with Gasteiger partial charge in [-0.15, -0.1) is 24.0 Å². The minimum atomic E-state index is -0.0479. The standard InChI is InChI=1S/C24H39N5O2.HI/c1-4-19(3)28-23(31)21-12-9-11-20(17-21)18-27-24(25-5-2)26-14-10-16-29-15-8-6-7-13-22(29)30;/h9,11-12,17,19H,4-8,10,13-16,18H2,1-3H3,(H,28,31)(H2,25,26,27);1H. The maximum absolute atomic E-state index is 12.4. The van der Waals surface area contributed by atoms with Crippen molar-refractivity contribution in [3.8, 4) is 0 Å². The van der Waals surface area contributed by atoms with Crippen molar-refractivity contribution in [2.45, 2.75) is 71.9 Å². The van der Waals surface area contributed by atoms with Crippen LogP contribution in [-0.4, -0.2) is 54.9 Å². The largest absolute Gasteiger partial charge is 0.357 e. The fraction of sp³-hybridized carbons (Fsp3) is 0.625. The van der Waals surface area contributed by atoms with Gasteiger partial charge in [-0.05, 0) is 57.2 Å². The number of halogens is 1. The molecule has 1 atom stereocenters. The third-order valence-corrected chi connectivity index (χ3v) is 5.51. The summed E-state index contributed by atoms with van der Waals surface area (Å²) in [7, 11) is 0. The minimum absolute atomic E-state index is 0. The van der Waals surface area contributed by atoms with Gasteiger partial charge in [-0.1, -0.05) is 25.5 Å². The van der Waals surface area contributed by atoms with Gasteiger partial charge in [-0.25, -0.2) is 4.99 Å². The highest BCUT2D eigenvalue weighted by Crippen LogP contribution is 2.11. The average molecular weight is 558 g/mol. The third kappa shape index (κ3) is 10.2. The second kappa shape index (κ2) is 15.9. The van der Waals surface area contributed by atoms with E-state index in [1.807, 2.05) is 43.0 Å². The number of amides is 2. The number of aliphatic imine (C=N–C) groups is 1. The molecule has 1 aliphatic heterocycles. The van der Waals surface area contributed by atoms with E-state index < -0.39 is 0 Å². The van der Waals surface area contributed by atoms with Gasteiger partial charge in [-0.3, -0.25) is 9.59 Å². The molecule has 7 nitrogen and oxygen atoms in total. The van der Waals surface area contributed by atoms with Gasteiger partial charge >= 0.3 is 0 Å². The average Bonchev–Trinajstić information content (AvgIpc) is 2.98. The van der Waals surface area contributed by atoms with Crippen LogP contribution in [0, 0.1) is 0 Å². The van der Waals surface area contributed by atoms with Gasteiger partial charge in [0.1, 0.15) is 0 Å². The first-order valence-electron chi connectivity index (χ1n) is 11.7. The molecule has 1 heterocycles. The molecule has 0 aromatic heterocycles. The van der Waals surface area contributed by atoms with Crippen molar-refractivity contribution in [3.63, 3.8) is 0 Å². The molecule has 0 bridgehead atoms. The van der Waals surface area contributed by atoms with Gasteiger partial charge in [0.05, 0.1) is 6.54 Å². The Bertz CT molecular complexity index is 741. The Morgan fingerprint density at radius 2 is 2.00 bits per heavy atom. The molecular weight excluding hydrogens is 517 g/mol. The van der Waals surface area contributed by atoms with Crippen molar-refractivity contribution >= 4 is 41.8 Å². The van der Waals surface area contributed by atoms with Gasteiger partial charge in [0.2, 0.25) is 5.91 Å². The Balaban J connectivity index is 0.00000512. The fourth-order valence-corrected chi connectivity index (χ4v) is 3.48. The van der Waals surface area contributed by atoms with Crippen LogP contribution in [0.2, 0.25) is 0 Å². The molecule has 3 N–H and O–H groups in total. The Morgan fingerprint density at radius 1 is 1.19 bits per heavy atom. The van der Waals surface area contributed by atoms with Crippen LogP contribution in [0.4, 0.5) is 0 Å². The van der Waals surface area contributed by atoms with E-state index in [9.17, 15) is 9.59 Å². The quantitative estimate of drug-likeness (QED) is 0.177. The van der Waals surface area contributed by atoms with Crippen molar-refractivity contribution in [2.75, 3.05) is 26.2 Å². The van der Waals surface area contributed by atoms with Crippen LogP contribution in [-0.2, 0) is 11.3 Å². The highest BCUT2D eigenvalue weighted by molar-refractivity contribution is 14.0. The number of benzene rings is 1. The number of carbonyl (C=O) groups is 2. The molecule has 8 heteroatoms. The minimum Gasteiger partial charge on any atom is -0.357 e. The molecule has 1 aromatic carbocycles. The number of nitrogens with one attached hydrogen (secondary N) is 3. The summed E-state index contributed by atoms with van der Waals surface area (Å²) >= 11 is 0. The molecule has 1 fully saturated rings. The molecule has 2 amide bonds. The SMILES string of the molecule is CCNC(=NCc1cccc(C(=O)NC(C)CC)c1)NCCCN1CCCCCC1=O.I. The summed E-state index contributed by atoms with van der Waals surface area (Å²) in [6.07, 6.45) is 5.76. The molecule has 0 spiro atoms. The molecule has 0 saturated carbocycles.